The number of nitrogens with one attached hydrogen (secondary N) is 1. The van der Waals surface area contributed by atoms with E-state index in [0.717, 1.165) is 47.1 Å². The molecule has 0 radical (unpaired) electrons. The highest BCUT2D eigenvalue weighted by molar-refractivity contribution is 5.65. The SMILES string of the molecule is CCCc1nn(C)c(NCc2c(C)noc2C)c1N. The fourth-order valence-corrected chi connectivity index (χ4v) is 2.15. The topological polar surface area (TPSA) is 81.9 Å². The molecule has 3 N–H and O–H groups in total. The molecular weight excluding hydrogens is 242 g/mol. The van der Waals surface area contributed by atoms with Crippen LogP contribution in [0.25, 0.3) is 0 Å². The second-order valence-electron chi connectivity index (χ2n) is 4.74. The molecule has 0 amide bonds. The minimum Gasteiger partial charge on any atom is -0.394 e. The molecule has 0 aliphatic carbocycles. The summed E-state index contributed by atoms with van der Waals surface area (Å²) >= 11 is 0. The first-order valence-corrected chi connectivity index (χ1v) is 6.51. The molecule has 0 aliphatic heterocycles. The molecule has 0 atom stereocenters. The minimum atomic E-state index is 0.635. The molecule has 0 bridgehead atoms. The van der Waals surface area contributed by atoms with Crippen LogP contribution in [-0.4, -0.2) is 14.9 Å². The maximum atomic E-state index is 6.12. The van der Waals surface area contributed by atoms with Crippen LogP contribution in [0.4, 0.5) is 11.5 Å². The first-order valence-electron chi connectivity index (χ1n) is 6.51. The zero-order valence-electron chi connectivity index (χ0n) is 11.9. The Hall–Kier alpha value is -1.98. The molecular formula is C13H21N5O. The Labute approximate surface area is 113 Å². The van der Waals surface area contributed by atoms with Crippen molar-refractivity contribution in [2.45, 2.75) is 40.2 Å². The first-order chi connectivity index (χ1) is 9.04. The lowest BCUT2D eigenvalue weighted by atomic mass is 10.2. The van der Waals surface area contributed by atoms with Crippen LogP contribution >= 0.6 is 0 Å². The minimum absolute atomic E-state index is 0.635. The molecule has 0 unspecified atom stereocenters. The number of hydrogen-bond acceptors (Lipinski definition) is 5. The summed E-state index contributed by atoms with van der Waals surface area (Å²) in [7, 11) is 1.89. The molecule has 2 aromatic heterocycles. The van der Waals surface area contributed by atoms with Crippen LogP contribution in [0.2, 0.25) is 0 Å². The lowest BCUT2D eigenvalue weighted by Gasteiger charge is -2.07. The Morgan fingerprint density at radius 1 is 1.37 bits per heavy atom. The lowest BCUT2D eigenvalue weighted by Crippen LogP contribution is -2.07. The summed E-state index contributed by atoms with van der Waals surface area (Å²) in [6.07, 6.45) is 1.93. The van der Waals surface area contributed by atoms with E-state index in [0.29, 0.717) is 6.54 Å². The van der Waals surface area contributed by atoms with Gasteiger partial charge in [-0.3, -0.25) is 4.68 Å². The average Bonchev–Trinajstić information content (AvgIpc) is 2.81. The van der Waals surface area contributed by atoms with Gasteiger partial charge in [0, 0.05) is 19.2 Å². The molecule has 104 valence electrons. The van der Waals surface area contributed by atoms with Crippen molar-refractivity contribution in [1.82, 2.24) is 14.9 Å². The van der Waals surface area contributed by atoms with E-state index < -0.39 is 0 Å². The number of hydrogen-bond donors (Lipinski definition) is 2. The number of nitrogens with two attached hydrogens (primary N) is 1. The quantitative estimate of drug-likeness (QED) is 0.864. The molecule has 19 heavy (non-hydrogen) atoms. The van der Waals surface area contributed by atoms with E-state index in [4.69, 9.17) is 10.3 Å². The van der Waals surface area contributed by atoms with Gasteiger partial charge in [0.05, 0.1) is 17.1 Å². The number of nitrogen functional groups attached to an aromatic ring is 1. The van der Waals surface area contributed by atoms with E-state index in [1.165, 1.54) is 0 Å². The summed E-state index contributed by atoms with van der Waals surface area (Å²) in [5, 5.41) is 11.7. The van der Waals surface area contributed by atoms with Crippen molar-refractivity contribution < 1.29 is 4.52 Å². The van der Waals surface area contributed by atoms with E-state index in [2.05, 4.69) is 22.5 Å². The number of nitrogens with zero attached hydrogens (tertiary/aromatic N) is 3. The second kappa shape index (κ2) is 5.34. The van der Waals surface area contributed by atoms with E-state index in [9.17, 15) is 0 Å². The largest absolute Gasteiger partial charge is 0.394 e. The van der Waals surface area contributed by atoms with Crippen molar-refractivity contribution in [2.75, 3.05) is 11.1 Å². The molecule has 6 heteroatoms. The van der Waals surface area contributed by atoms with Gasteiger partial charge in [-0.25, -0.2) is 0 Å². The fourth-order valence-electron chi connectivity index (χ4n) is 2.15. The van der Waals surface area contributed by atoms with Crippen LogP contribution in [0, 0.1) is 13.8 Å². The van der Waals surface area contributed by atoms with Gasteiger partial charge in [-0.05, 0) is 20.3 Å². The van der Waals surface area contributed by atoms with Gasteiger partial charge in [0.1, 0.15) is 11.6 Å². The standard InChI is InChI=1S/C13H21N5O/c1-5-6-11-12(14)13(18(4)16-11)15-7-10-8(2)17-19-9(10)3/h15H,5-7,14H2,1-4H3. The molecule has 2 heterocycles. The van der Waals surface area contributed by atoms with Gasteiger partial charge in [-0.15, -0.1) is 0 Å². The summed E-state index contributed by atoms with van der Waals surface area (Å²) in [5.41, 5.74) is 9.77. The third-order valence-corrected chi connectivity index (χ3v) is 3.26. The monoisotopic (exact) mass is 263 g/mol. The molecule has 2 aromatic rings. The van der Waals surface area contributed by atoms with Gasteiger partial charge in [-0.1, -0.05) is 18.5 Å². The summed E-state index contributed by atoms with van der Waals surface area (Å²) in [6, 6.07) is 0. The number of aryl methyl sites for hydroxylation is 4. The van der Waals surface area contributed by atoms with Crippen molar-refractivity contribution in [3.8, 4) is 0 Å². The maximum Gasteiger partial charge on any atom is 0.148 e. The van der Waals surface area contributed by atoms with Gasteiger partial charge in [-0.2, -0.15) is 5.10 Å². The predicted molar refractivity (Wildman–Crippen MR) is 74.9 cm³/mol. The normalized spacial score (nSPS) is 10.9. The maximum absolute atomic E-state index is 6.12. The van der Waals surface area contributed by atoms with Gasteiger partial charge in [0.25, 0.3) is 0 Å². The van der Waals surface area contributed by atoms with Crippen LogP contribution in [-0.2, 0) is 20.0 Å². The van der Waals surface area contributed by atoms with E-state index >= 15 is 0 Å². The van der Waals surface area contributed by atoms with Crippen LogP contribution in [0.1, 0.15) is 36.1 Å². The van der Waals surface area contributed by atoms with Crippen LogP contribution < -0.4 is 11.1 Å². The highest BCUT2D eigenvalue weighted by atomic mass is 16.5. The molecule has 0 saturated carbocycles. The second-order valence-corrected chi connectivity index (χ2v) is 4.74. The van der Waals surface area contributed by atoms with Crippen LogP contribution in [0.15, 0.2) is 4.52 Å². The highest BCUT2D eigenvalue weighted by Crippen LogP contribution is 2.24. The van der Waals surface area contributed by atoms with Gasteiger partial charge >= 0.3 is 0 Å². The summed E-state index contributed by atoms with van der Waals surface area (Å²) < 4.78 is 6.93. The number of rotatable bonds is 5. The smallest absolute Gasteiger partial charge is 0.148 e. The fraction of sp³-hybridized carbons (Fsp3) is 0.538. The molecule has 0 saturated heterocycles. The highest BCUT2D eigenvalue weighted by Gasteiger charge is 2.14. The van der Waals surface area contributed by atoms with Gasteiger partial charge in [0.15, 0.2) is 0 Å². The lowest BCUT2D eigenvalue weighted by molar-refractivity contribution is 0.392. The Balaban J connectivity index is 2.16. The summed E-state index contributed by atoms with van der Waals surface area (Å²) in [4.78, 5) is 0. The zero-order valence-corrected chi connectivity index (χ0v) is 11.9. The van der Waals surface area contributed by atoms with Crippen molar-refractivity contribution in [3.63, 3.8) is 0 Å². The molecule has 0 fully saturated rings. The molecule has 6 nitrogen and oxygen atoms in total. The molecule has 0 spiro atoms. The molecule has 0 aromatic carbocycles. The summed E-state index contributed by atoms with van der Waals surface area (Å²) in [5.74, 6) is 1.68. The van der Waals surface area contributed by atoms with Crippen molar-refractivity contribution in [2.24, 2.45) is 7.05 Å². The van der Waals surface area contributed by atoms with Crippen molar-refractivity contribution in [3.05, 3.63) is 22.7 Å². The Morgan fingerprint density at radius 2 is 2.11 bits per heavy atom. The third kappa shape index (κ3) is 2.57. The third-order valence-electron chi connectivity index (χ3n) is 3.26. The number of aromatic nitrogens is 3. The Morgan fingerprint density at radius 3 is 2.68 bits per heavy atom. The van der Waals surface area contributed by atoms with Crippen molar-refractivity contribution >= 4 is 11.5 Å². The Kier molecular flexibility index (Phi) is 3.78. The van der Waals surface area contributed by atoms with E-state index in [-0.39, 0.29) is 0 Å². The first kappa shape index (κ1) is 13.5. The zero-order chi connectivity index (χ0) is 14.0. The van der Waals surface area contributed by atoms with Crippen molar-refractivity contribution in [1.29, 1.82) is 0 Å². The van der Waals surface area contributed by atoms with Gasteiger partial charge in [0.2, 0.25) is 0 Å². The van der Waals surface area contributed by atoms with Crippen LogP contribution in [0.3, 0.4) is 0 Å². The predicted octanol–water partition coefficient (Wildman–Crippen LogP) is 2.17. The van der Waals surface area contributed by atoms with E-state index in [1.807, 2.05) is 20.9 Å². The average molecular weight is 263 g/mol. The number of anilines is 2. The molecule has 2 rings (SSSR count). The van der Waals surface area contributed by atoms with Crippen LogP contribution in [0.5, 0.6) is 0 Å². The van der Waals surface area contributed by atoms with E-state index in [1.54, 1.807) is 4.68 Å². The Bertz CT molecular complexity index is 550. The van der Waals surface area contributed by atoms with Gasteiger partial charge < -0.3 is 15.6 Å². The molecule has 0 aliphatic rings. The summed E-state index contributed by atoms with van der Waals surface area (Å²) in [6.45, 7) is 6.59.